The van der Waals surface area contributed by atoms with Gasteiger partial charge in [0.1, 0.15) is 5.54 Å². The molecule has 0 atom stereocenters. The number of carbonyl (C=O) groups excluding carboxylic acids is 1. The fourth-order valence-corrected chi connectivity index (χ4v) is 4.27. The summed E-state index contributed by atoms with van der Waals surface area (Å²) in [7, 11) is -3.16. The summed E-state index contributed by atoms with van der Waals surface area (Å²) < 4.78 is 23.1. The Morgan fingerprint density at radius 3 is 2.27 bits per heavy atom. The van der Waals surface area contributed by atoms with Gasteiger partial charge >= 0.3 is 0 Å². The average Bonchev–Trinajstić information content (AvgIpc) is 2.69. The van der Waals surface area contributed by atoms with Crippen molar-refractivity contribution < 1.29 is 13.2 Å². The molecule has 0 aromatic heterocycles. The summed E-state index contributed by atoms with van der Waals surface area (Å²) in [6, 6.07) is 7.08. The minimum Gasteiger partial charge on any atom is -0.354 e. The number of piperidine rings is 1. The van der Waals surface area contributed by atoms with Crippen LogP contribution in [0.1, 0.15) is 32.3 Å². The van der Waals surface area contributed by atoms with Gasteiger partial charge in [0.25, 0.3) is 0 Å². The number of hydrogen-bond donors (Lipinski definition) is 2. The van der Waals surface area contributed by atoms with E-state index in [2.05, 4.69) is 29.4 Å². The highest BCUT2D eigenvalue weighted by molar-refractivity contribution is 7.90. The Bertz CT molecular complexity index is 764. The van der Waals surface area contributed by atoms with Crippen LogP contribution in [0.2, 0.25) is 0 Å². The monoisotopic (exact) mass is 379 g/mol. The van der Waals surface area contributed by atoms with Crippen LogP contribution in [0.15, 0.2) is 29.2 Å². The topological polar surface area (TPSA) is 78.5 Å². The zero-order chi connectivity index (χ0) is 19.0. The van der Waals surface area contributed by atoms with Crippen LogP contribution in [0.3, 0.4) is 0 Å². The zero-order valence-corrected chi connectivity index (χ0v) is 16.7. The Balaban J connectivity index is 1.61. The number of sulfone groups is 1. The maximum Gasteiger partial charge on any atom is 0.240 e. The Morgan fingerprint density at radius 1 is 1.08 bits per heavy atom. The van der Waals surface area contributed by atoms with E-state index in [4.69, 9.17) is 0 Å². The minimum absolute atomic E-state index is 0.0671. The van der Waals surface area contributed by atoms with Crippen LogP contribution in [0, 0.1) is 5.41 Å². The molecule has 1 aromatic rings. The highest BCUT2D eigenvalue weighted by atomic mass is 32.2. The minimum atomic E-state index is -3.16. The van der Waals surface area contributed by atoms with Gasteiger partial charge in [-0.25, -0.2) is 8.42 Å². The maximum atomic E-state index is 12.6. The summed E-state index contributed by atoms with van der Waals surface area (Å²) in [5, 5.41) is 6.64. The molecule has 1 spiro atoms. The third-order valence-corrected chi connectivity index (χ3v) is 6.66. The Kier molecular flexibility index (Phi) is 5.16. The van der Waals surface area contributed by atoms with E-state index in [0.29, 0.717) is 11.4 Å². The van der Waals surface area contributed by atoms with Gasteiger partial charge < -0.3 is 10.6 Å². The second-order valence-corrected chi connectivity index (χ2v) is 10.5. The molecule has 2 aliphatic heterocycles. The number of nitrogens with zero attached hydrogens (tertiary/aromatic N) is 1. The average molecular weight is 380 g/mol. The molecule has 1 amide bonds. The molecule has 144 valence electrons. The van der Waals surface area contributed by atoms with Crippen LogP contribution in [-0.4, -0.2) is 57.2 Å². The molecule has 7 heteroatoms. The second kappa shape index (κ2) is 6.94. The molecule has 3 rings (SSSR count). The number of likely N-dealkylation sites (tertiary alicyclic amines) is 1. The molecule has 0 bridgehead atoms. The van der Waals surface area contributed by atoms with Crippen LogP contribution in [0.25, 0.3) is 0 Å². The zero-order valence-electron chi connectivity index (χ0n) is 15.8. The molecular formula is C19H29N3O3S. The van der Waals surface area contributed by atoms with Gasteiger partial charge in [0.05, 0.1) is 4.90 Å². The molecule has 26 heavy (non-hydrogen) atoms. The summed E-state index contributed by atoms with van der Waals surface area (Å²) in [4.78, 5) is 15.3. The lowest BCUT2D eigenvalue weighted by atomic mass is 9.86. The van der Waals surface area contributed by atoms with E-state index in [1.807, 2.05) is 12.1 Å². The van der Waals surface area contributed by atoms with Gasteiger partial charge in [-0.3, -0.25) is 9.69 Å². The van der Waals surface area contributed by atoms with E-state index in [-0.39, 0.29) is 11.3 Å². The van der Waals surface area contributed by atoms with Gasteiger partial charge in [-0.1, -0.05) is 26.0 Å². The fraction of sp³-hybridized carbons (Fsp3) is 0.632. The molecule has 2 N–H and O–H groups in total. The van der Waals surface area contributed by atoms with Crippen molar-refractivity contribution in [3.63, 3.8) is 0 Å². The van der Waals surface area contributed by atoms with Crippen molar-refractivity contribution in [1.82, 2.24) is 15.5 Å². The van der Waals surface area contributed by atoms with Crippen LogP contribution in [-0.2, 0) is 21.2 Å². The van der Waals surface area contributed by atoms with E-state index in [1.165, 1.54) is 6.26 Å². The van der Waals surface area contributed by atoms with E-state index >= 15 is 0 Å². The molecule has 2 heterocycles. The highest BCUT2D eigenvalue weighted by Gasteiger charge is 2.44. The number of rotatable bonds is 3. The first-order chi connectivity index (χ1) is 12.1. The SMILES string of the molecule is CC1(C)CNC(=O)C2(CCN(Cc3ccc(S(C)(=O)=O)cc3)CC2)NC1. The molecule has 2 aliphatic rings. The predicted octanol–water partition coefficient (Wildman–Crippen LogP) is 1.17. The van der Waals surface area contributed by atoms with E-state index in [9.17, 15) is 13.2 Å². The number of benzene rings is 1. The second-order valence-electron chi connectivity index (χ2n) is 8.47. The van der Waals surface area contributed by atoms with Gasteiger partial charge in [-0.2, -0.15) is 0 Å². The molecule has 0 unspecified atom stereocenters. The van der Waals surface area contributed by atoms with Gasteiger partial charge in [0, 0.05) is 39.0 Å². The van der Waals surface area contributed by atoms with Crippen LogP contribution >= 0.6 is 0 Å². The fourth-order valence-electron chi connectivity index (χ4n) is 3.64. The van der Waals surface area contributed by atoms with Gasteiger partial charge in [0.15, 0.2) is 9.84 Å². The summed E-state index contributed by atoms with van der Waals surface area (Å²) in [5.74, 6) is 0.125. The normalized spacial score (nSPS) is 23.4. The Labute approximate surface area is 156 Å². The number of carbonyl (C=O) groups is 1. The summed E-state index contributed by atoms with van der Waals surface area (Å²) in [5.41, 5.74) is 0.704. The molecule has 2 fully saturated rings. The third kappa shape index (κ3) is 4.27. The quantitative estimate of drug-likeness (QED) is 0.824. The lowest BCUT2D eigenvalue weighted by molar-refractivity contribution is -0.129. The van der Waals surface area contributed by atoms with Crippen molar-refractivity contribution in [2.24, 2.45) is 5.41 Å². The maximum absolute atomic E-state index is 12.6. The first kappa shape index (κ1) is 19.3. The lowest BCUT2D eigenvalue weighted by Crippen LogP contribution is -2.60. The van der Waals surface area contributed by atoms with Crippen molar-refractivity contribution in [3.05, 3.63) is 29.8 Å². The van der Waals surface area contributed by atoms with Crippen LogP contribution < -0.4 is 10.6 Å². The van der Waals surface area contributed by atoms with E-state index in [0.717, 1.165) is 44.6 Å². The molecule has 0 radical (unpaired) electrons. The highest BCUT2D eigenvalue weighted by Crippen LogP contribution is 2.28. The Hall–Kier alpha value is -1.44. The van der Waals surface area contributed by atoms with Crippen molar-refractivity contribution >= 4 is 15.7 Å². The van der Waals surface area contributed by atoms with Crippen molar-refractivity contribution in [2.75, 3.05) is 32.4 Å². The third-order valence-electron chi connectivity index (χ3n) is 5.53. The first-order valence-electron chi connectivity index (χ1n) is 9.14. The number of hydrogen-bond acceptors (Lipinski definition) is 5. The van der Waals surface area contributed by atoms with Crippen LogP contribution in [0.5, 0.6) is 0 Å². The lowest BCUT2D eigenvalue weighted by Gasteiger charge is -2.40. The predicted molar refractivity (Wildman–Crippen MR) is 102 cm³/mol. The molecule has 0 aliphatic carbocycles. The van der Waals surface area contributed by atoms with Crippen LogP contribution in [0.4, 0.5) is 0 Å². The van der Waals surface area contributed by atoms with Gasteiger partial charge in [-0.15, -0.1) is 0 Å². The first-order valence-corrected chi connectivity index (χ1v) is 11.0. The number of amides is 1. The Morgan fingerprint density at radius 2 is 1.69 bits per heavy atom. The summed E-state index contributed by atoms with van der Waals surface area (Å²) in [6.45, 7) is 8.31. The molecule has 2 saturated heterocycles. The summed E-state index contributed by atoms with van der Waals surface area (Å²) in [6.07, 6.45) is 2.80. The van der Waals surface area contributed by atoms with E-state index in [1.54, 1.807) is 12.1 Å². The van der Waals surface area contributed by atoms with Gasteiger partial charge in [-0.05, 0) is 36.0 Å². The van der Waals surface area contributed by atoms with Crippen molar-refractivity contribution in [3.8, 4) is 0 Å². The molecular weight excluding hydrogens is 350 g/mol. The molecule has 1 aromatic carbocycles. The molecule has 0 saturated carbocycles. The van der Waals surface area contributed by atoms with Gasteiger partial charge in [0.2, 0.25) is 5.91 Å². The van der Waals surface area contributed by atoms with Crippen molar-refractivity contribution in [1.29, 1.82) is 0 Å². The number of nitrogens with one attached hydrogen (secondary N) is 2. The smallest absolute Gasteiger partial charge is 0.240 e. The van der Waals surface area contributed by atoms with Crippen molar-refractivity contribution in [2.45, 2.75) is 43.7 Å². The standard InChI is InChI=1S/C19H29N3O3S/c1-18(2)13-20-17(23)19(21-14-18)8-10-22(11-9-19)12-15-4-6-16(7-5-15)26(3,24)25/h4-7,21H,8-14H2,1-3H3,(H,20,23). The van der Waals surface area contributed by atoms with E-state index < -0.39 is 15.4 Å². The summed E-state index contributed by atoms with van der Waals surface area (Å²) >= 11 is 0. The molecule has 6 nitrogen and oxygen atoms in total. The largest absolute Gasteiger partial charge is 0.354 e.